The van der Waals surface area contributed by atoms with E-state index in [1.54, 1.807) is 19.3 Å². The highest BCUT2D eigenvalue weighted by Gasteiger charge is 2.29. The third kappa shape index (κ3) is 7.13. The molecule has 11 heteroatoms. The lowest BCUT2D eigenvalue weighted by Crippen LogP contribution is -2.22. The Morgan fingerprint density at radius 3 is 2.79 bits per heavy atom. The predicted octanol–water partition coefficient (Wildman–Crippen LogP) is 5.69. The van der Waals surface area contributed by atoms with Gasteiger partial charge in [-0.2, -0.15) is 10.4 Å². The van der Waals surface area contributed by atoms with Gasteiger partial charge < -0.3 is 19.7 Å². The summed E-state index contributed by atoms with van der Waals surface area (Å²) in [7, 11) is -1.17. The molecule has 1 fully saturated rings. The number of rotatable bonds is 13. The van der Waals surface area contributed by atoms with E-state index >= 15 is 0 Å². The number of hydrogen-bond donors (Lipinski definition) is 2. The number of anilines is 1. The monoisotopic (exact) mass is 549 g/mol. The van der Waals surface area contributed by atoms with Crippen LogP contribution >= 0.6 is 0 Å². The first kappa shape index (κ1) is 28.5. The molecule has 1 aliphatic rings. The molecule has 1 unspecified atom stereocenters. The molecule has 1 aliphatic carbocycles. The molecule has 39 heavy (non-hydrogen) atoms. The van der Waals surface area contributed by atoms with E-state index in [2.05, 4.69) is 41.0 Å². The van der Waals surface area contributed by atoms with Crippen LogP contribution in [-0.2, 0) is 16.3 Å². The van der Waals surface area contributed by atoms with Crippen molar-refractivity contribution in [1.82, 2.24) is 24.3 Å². The number of carboxylic acid groups (broad SMARTS) is 1. The summed E-state index contributed by atoms with van der Waals surface area (Å²) in [4.78, 5) is 20.4. The van der Waals surface area contributed by atoms with Gasteiger partial charge >= 0.3 is 5.97 Å². The third-order valence-electron chi connectivity index (χ3n) is 7.37. The molecule has 1 saturated carbocycles. The van der Waals surface area contributed by atoms with E-state index in [1.807, 2.05) is 27.7 Å². The molecule has 1 atom stereocenters. The summed E-state index contributed by atoms with van der Waals surface area (Å²) in [6.07, 6.45) is 12.0. The van der Waals surface area contributed by atoms with Crippen molar-refractivity contribution in [2.45, 2.75) is 77.5 Å². The summed E-state index contributed by atoms with van der Waals surface area (Å²) in [5.74, 6) is 0.0486. The van der Waals surface area contributed by atoms with Gasteiger partial charge in [-0.3, -0.25) is 4.68 Å². The molecule has 0 radical (unpaired) electrons. The average molecular weight is 550 g/mol. The third-order valence-corrected chi connectivity index (χ3v) is 9.07. The number of nitrogens with one attached hydrogen (secondary N) is 1. The fraction of sp³-hybridized carbons (Fsp3) is 0.536. The van der Waals surface area contributed by atoms with Gasteiger partial charge in [-0.15, -0.1) is 0 Å². The smallest absolute Gasteiger partial charge is 0.331 e. The van der Waals surface area contributed by atoms with E-state index in [0.29, 0.717) is 31.4 Å². The Morgan fingerprint density at radius 1 is 1.33 bits per heavy atom. The quantitative estimate of drug-likeness (QED) is 0.158. The number of aromatic nitrogens is 5. The van der Waals surface area contributed by atoms with Gasteiger partial charge in [0.2, 0.25) is 0 Å². The molecule has 0 bridgehead atoms. The summed E-state index contributed by atoms with van der Waals surface area (Å²) in [6.45, 7) is 10.0. The second kappa shape index (κ2) is 12.6. The lowest BCUT2D eigenvalue weighted by Gasteiger charge is -2.21. The van der Waals surface area contributed by atoms with Crippen molar-refractivity contribution in [3.05, 3.63) is 36.4 Å². The second-order valence-electron chi connectivity index (χ2n) is 11.5. The number of nitrogens with zero attached hydrogens (tertiary/aromatic N) is 6. The number of carbonyl (C=O) groups is 1. The van der Waals surface area contributed by atoms with Crippen molar-refractivity contribution < 1.29 is 14.6 Å². The number of carboxylic acids is 1. The van der Waals surface area contributed by atoms with Crippen molar-refractivity contribution in [3.63, 3.8) is 0 Å². The topological polar surface area (TPSA) is 131 Å². The van der Waals surface area contributed by atoms with Gasteiger partial charge in [0.25, 0.3) is 0 Å². The standard InChI is InChI=1S/C28H39N7O3Si/c1-20(28(36)37)10-13-30-26-23(17-35(33-26)24(9-12-29)21-7-5-6-8-21)25-22-11-14-34(27(22)32-18-31-25)19-38-15-16-39(2,3)4/h10-11,14,17-18,21,24H,5-9,13,15-16,19H2,1-4H3,(H,30,33)(H,36,37)/b20-10+. The van der Waals surface area contributed by atoms with E-state index in [4.69, 9.17) is 9.84 Å². The number of fused-ring (bicyclic) bond motifs is 1. The molecular formula is C28H39N7O3Si. The Morgan fingerprint density at radius 2 is 2.10 bits per heavy atom. The lowest BCUT2D eigenvalue weighted by molar-refractivity contribution is -0.132. The van der Waals surface area contributed by atoms with Crippen molar-refractivity contribution >= 4 is 30.9 Å². The number of nitriles is 1. The number of aliphatic carboxylic acids is 1. The van der Waals surface area contributed by atoms with Gasteiger partial charge in [-0.05, 0) is 37.8 Å². The van der Waals surface area contributed by atoms with Crippen molar-refractivity contribution in [2.24, 2.45) is 5.92 Å². The van der Waals surface area contributed by atoms with Gasteiger partial charge in [-0.25, -0.2) is 14.8 Å². The first-order valence-corrected chi connectivity index (χ1v) is 17.4. The van der Waals surface area contributed by atoms with Crippen LogP contribution in [0.1, 0.15) is 45.1 Å². The Balaban J connectivity index is 1.67. The first-order chi connectivity index (χ1) is 18.7. The minimum absolute atomic E-state index is 0.0233. The maximum Gasteiger partial charge on any atom is 0.331 e. The van der Waals surface area contributed by atoms with Crippen LogP contribution in [0.4, 0.5) is 5.82 Å². The molecule has 0 aromatic carbocycles. The number of hydrogen-bond acceptors (Lipinski definition) is 7. The second-order valence-corrected chi connectivity index (χ2v) is 17.1. The Hall–Kier alpha value is -3.49. The molecule has 2 N–H and O–H groups in total. The SMILES string of the molecule is C/C(=C\CNc1nn(C(CC#N)C2CCCC2)cc1-c1ncnc2c1ccn2COCC[Si](C)(C)C)C(=O)O. The normalized spacial score (nSPS) is 15.5. The molecule has 0 aliphatic heterocycles. The van der Waals surface area contributed by atoms with Crippen molar-refractivity contribution in [3.8, 4) is 17.3 Å². The van der Waals surface area contributed by atoms with Crippen LogP contribution in [0.2, 0.25) is 25.7 Å². The number of ether oxygens (including phenoxy) is 1. The van der Waals surface area contributed by atoms with E-state index in [1.165, 1.54) is 12.8 Å². The van der Waals surface area contributed by atoms with Crippen molar-refractivity contribution in [2.75, 3.05) is 18.5 Å². The first-order valence-electron chi connectivity index (χ1n) is 13.7. The van der Waals surface area contributed by atoms with E-state index in [0.717, 1.165) is 47.8 Å². The van der Waals surface area contributed by atoms with Crippen LogP contribution in [0, 0.1) is 17.2 Å². The molecule has 10 nitrogen and oxygen atoms in total. The maximum absolute atomic E-state index is 11.3. The van der Waals surface area contributed by atoms with E-state index < -0.39 is 14.0 Å². The highest BCUT2D eigenvalue weighted by atomic mass is 28.3. The van der Waals surface area contributed by atoms with Gasteiger partial charge in [0.05, 0.1) is 29.8 Å². The van der Waals surface area contributed by atoms with E-state index in [9.17, 15) is 15.2 Å². The Bertz CT molecular complexity index is 1360. The minimum Gasteiger partial charge on any atom is -0.478 e. The molecule has 3 aromatic heterocycles. The van der Waals surface area contributed by atoms with Crippen LogP contribution in [-0.4, -0.2) is 56.6 Å². The zero-order valence-corrected chi connectivity index (χ0v) is 24.4. The molecule has 0 amide bonds. The molecule has 4 rings (SSSR count). The van der Waals surface area contributed by atoms with Crippen LogP contribution in [0.15, 0.2) is 36.4 Å². The molecule has 0 spiro atoms. The zero-order chi connectivity index (χ0) is 28.0. The highest BCUT2D eigenvalue weighted by Crippen LogP contribution is 2.38. The van der Waals surface area contributed by atoms with Gasteiger partial charge in [-0.1, -0.05) is 38.6 Å². The van der Waals surface area contributed by atoms with Crippen LogP contribution in [0.3, 0.4) is 0 Å². The predicted molar refractivity (Wildman–Crippen MR) is 154 cm³/mol. The summed E-state index contributed by atoms with van der Waals surface area (Å²) in [5, 5.41) is 27.9. The summed E-state index contributed by atoms with van der Waals surface area (Å²) in [5.41, 5.74) is 2.56. The zero-order valence-electron chi connectivity index (χ0n) is 23.4. The average Bonchev–Trinajstić information content (AvgIpc) is 3.65. The molecular weight excluding hydrogens is 510 g/mol. The van der Waals surface area contributed by atoms with Crippen LogP contribution in [0.25, 0.3) is 22.3 Å². The van der Waals surface area contributed by atoms with Gasteiger partial charge in [0.15, 0.2) is 5.82 Å². The molecule has 3 heterocycles. The Kier molecular flexibility index (Phi) is 9.19. The van der Waals surface area contributed by atoms with Crippen LogP contribution in [0.5, 0.6) is 0 Å². The summed E-state index contributed by atoms with van der Waals surface area (Å²) < 4.78 is 9.87. The van der Waals surface area contributed by atoms with E-state index in [-0.39, 0.29) is 11.6 Å². The molecule has 0 saturated heterocycles. The minimum atomic E-state index is -1.17. The fourth-order valence-corrected chi connectivity index (χ4v) is 5.79. The highest BCUT2D eigenvalue weighted by molar-refractivity contribution is 6.76. The lowest BCUT2D eigenvalue weighted by atomic mass is 9.96. The fourth-order valence-electron chi connectivity index (χ4n) is 5.03. The van der Waals surface area contributed by atoms with Crippen LogP contribution < -0.4 is 5.32 Å². The largest absolute Gasteiger partial charge is 0.478 e. The molecule has 208 valence electrons. The summed E-state index contributed by atoms with van der Waals surface area (Å²) >= 11 is 0. The van der Waals surface area contributed by atoms with Gasteiger partial charge in [0.1, 0.15) is 18.7 Å². The summed E-state index contributed by atoms with van der Waals surface area (Å²) in [6, 6.07) is 5.42. The Labute approximate surface area is 230 Å². The van der Waals surface area contributed by atoms with Crippen molar-refractivity contribution in [1.29, 1.82) is 5.26 Å². The van der Waals surface area contributed by atoms with Gasteiger partial charge in [0, 0.05) is 44.6 Å². The maximum atomic E-state index is 11.3. The molecule has 3 aromatic rings.